The van der Waals surface area contributed by atoms with Gasteiger partial charge in [-0.1, -0.05) is 6.07 Å². The van der Waals surface area contributed by atoms with Gasteiger partial charge in [-0.05, 0) is 18.6 Å². The van der Waals surface area contributed by atoms with Gasteiger partial charge in [0.15, 0.2) is 0 Å². The Hall–Kier alpha value is -1.25. The van der Waals surface area contributed by atoms with E-state index in [1.165, 1.54) is 6.07 Å². The van der Waals surface area contributed by atoms with Crippen molar-refractivity contribution in [3.8, 4) is 0 Å². The Bertz CT molecular complexity index is 337. The number of halogens is 1. The predicted molar refractivity (Wildman–Crippen MR) is 45.8 cm³/mol. The van der Waals surface area contributed by atoms with Crippen LogP contribution in [0.1, 0.15) is 30.9 Å². The smallest absolute Gasteiger partial charge is 0.213 e. The summed E-state index contributed by atoms with van der Waals surface area (Å²) in [6.07, 6.45) is 1.95. The van der Waals surface area contributed by atoms with Crippen molar-refractivity contribution >= 4 is 5.78 Å². The van der Waals surface area contributed by atoms with Crippen LogP contribution in [-0.4, -0.2) is 10.8 Å². The number of nitrogens with zero attached hydrogens (tertiary/aromatic N) is 1. The summed E-state index contributed by atoms with van der Waals surface area (Å²) in [5.41, 5.74) is 0.714. The van der Waals surface area contributed by atoms with Gasteiger partial charge in [0, 0.05) is 24.5 Å². The minimum Gasteiger partial charge on any atom is -0.300 e. The lowest BCUT2D eigenvalue weighted by Gasteiger charge is -2.05. The van der Waals surface area contributed by atoms with E-state index >= 15 is 0 Å². The van der Waals surface area contributed by atoms with Crippen molar-refractivity contribution in [3.05, 3.63) is 29.8 Å². The number of carbonyl (C=O) groups excluding carboxylic acids is 1. The first-order valence-corrected chi connectivity index (χ1v) is 4.40. The molecule has 1 aromatic rings. The first kappa shape index (κ1) is 8.35. The number of ketones is 1. The van der Waals surface area contributed by atoms with E-state index in [2.05, 4.69) is 4.98 Å². The molecule has 0 bridgehead atoms. The average molecular weight is 179 g/mol. The van der Waals surface area contributed by atoms with Crippen LogP contribution in [-0.2, 0) is 4.79 Å². The lowest BCUT2D eigenvalue weighted by atomic mass is 10.0. The highest BCUT2D eigenvalue weighted by Crippen LogP contribution is 2.30. The molecule has 1 aliphatic carbocycles. The maximum Gasteiger partial charge on any atom is 0.213 e. The van der Waals surface area contributed by atoms with Crippen molar-refractivity contribution in [1.82, 2.24) is 4.98 Å². The molecule has 1 fully saturated rings. The first-order valence-electron chi connectivity index (χ1n) is 4.40. The summed E-state index contributed by atoms with van der Waals surface area (Å²) < 4.78 is 12.7. The molecule has 0 amide bonds. The van der Waals surface area contributed by atoms with E-state index in [0.717, 1.165) is 6.42 Å². The Kier molecular flexibility index (Phi) is 2.08. The van der Waals surface area contributed by atoms with E-state index in [0.29, 0.717) is 18.5 Å². The summed E-state index contributed by atoms with van der Waals surface area (Å²) in [5, 5.41) is 0. The highest BCUT2D eigenvalue weighted by molar-refractivity contribution is 5.81. The van der Waals surface area contributed by atoms with Crippen LogP contribution in [0.2, 0.25) is 0 Å². The molecule has 1 aromatic heterocycles. The quantitative estimate of drug-likeness (QED) is 0.617. The third-order valence-electron chi connectivity index (χ3n) is 2.40. The van der Waals surface area contributed by atoms with E-state index in [-0.39, 0.29) is 11.7 Å². The molecule has 3 heteroatoms. The molecule has 1 heterocycles. The average Bonchev–Trinajstić information content (AvgIpc) is 2.52. The Morgan fingerprint density at radius 1 is 1.46 bits per heavy atom. The van der Waals surface area contributed by atoms with Crippen molar-refractivity contribution in [3.63, 3.8) is 0 Å². The molecule has 0 N–H and O–H groups in total. The van der Waals surface area contributed by atoms with Gasteiger partial charge in [0.2, 0.25) is 5.95 Å². The third kappa shape index (κ3) is 1.74. The number of rotatable bonds is 1. The SMILES string of the molecule is O=C1CCC(c2cccc(F)n2)C1. The van der Waals surface area contributed by atoms with Crippen LogP contribution >= 0.6 is 0 Å². The van der Waals surface area contributed by atoms with Crippen molar-refractivity contribution in [1.29, 1.82) is 0 Å². The summed E-state index contributed by atoms with van der Waals surface area (Å²) in [7, 11) is 0. The molecule has 1 aliphatic rings. The summed E-state index contributed by atoms with van der Waals surface area (Å²) in [5.74, 6) is -0.0592. The van der Waals surface area contributed by atoms with Gasteiger partial charge < -0.3 is 0 Å². The predicted octanol–water partition coefficient (Wildman–Crippen LogP) is 2.06. The number of aromatic nitrogens is 1. The molecule has 13 heavy (non-hydrogen) atoms. The lowest BCUT2D eigenvalue weighted by molar-refractivity contribution is -0.117. The molecule has 0 aromatic carbocycles. The van der Waals surface area contributed by atoms with Gasteiger partial charge in [-0.2, -0.15) is 4.39 Å². The Morgan fingerprint density at radius 3 is 2.92 bits per heavy atom. The fourth-order valence-corrected chi connectivity index (χ4v) is 1.72. The maximum absolute atomic E-state index is 12.7. The number of pyridine rings is 1. The molecular formula is C10H10FNO. The van der Waals surface area contributed by atoms with Crippen LogP contribution in [0.15, 0.2) is 18.2 Å². The van der Waals surface area contributed by atoms with E-state index in [4.69, 9.17) is 0 Å². The van der Waals surface area contributed by atoms with Crippen LogP contribution in [0.25, 0.3) is 0 Å². The third-order valence-corrected chi connectivity index (χ3v) is 2.40. The van der Waals surface area contributed by atoms with Gasteiger partial charge in [0.25, 0.3) is 0 Å². The maximum atomic E-state index is 12.7. The lowest BCUT2D eigenvalue weighted by Crippen LogP contribution is -1.98. The number of hydrogen-bond donors (Lipinski definition) is 0. The molecule has 2 nitrogen and oxygen atoms in total. The zero-order valence-electron chi connectivity index (χ0n) is 7.16. The van der Waals surface area contributed by atoms with Crippen molar-refractivity contribution < 1.29 is 9.18 Å². The Morgan fingerprint density at radius 2 is 2.31 bits per heavy atom. The van der Waals surface area contributed by atoms with Gasteiger partial charge >= 0.3 is 0 Å². The number of carbonyl (C=O) groups is 1. The minimum atomic E-state index is -0.461. The fourth-order valence-electron chi connectivity index (χ4n) is 1.72. The second-order valence-electron chi connectivity index (χ2n) is 3.36. The molecule has 0 spiro atoms. The summed E-state index contributed by atoms with van der Waals surface area (Å²) in [6, 6.07) is 4.74. The van der Waals surface area contributed by atoms with Crippen LogP contribution in [0.4, 0.5) is 4.39 Å². The molecule has 1 unspecified atom stereocenters. The van der Waals surface area contributed by atoms with Gasteiger partial charge in [0.05, 0.1) is 0 Å². The largest absolute Gasteiger partial charge is 0.300 e. The first-order chi connectivity index (χ1) is 6.25. The monoisotopic (exact) mass is 179 g/mol. The van der Waals surface area contributed by atoms with Crippen molar-refractivity contribution in [2.45, 2.75) is 25.2 Å². The number of hydrogen-bond acceptors (Lipinski definition) is 2. The van der Waals surface area contributed by atoms with E-state index in [9.17, 15) is 9.18 Å². The van der Waals surface area contributed by atoms with Crippen molar-refractivity contribution in [2.75, 3.05) is 0 Å². The summed E-state index contributed by atoms with van der Waals surface area (Å²) >= 11 is 0. The molecule has 0 saturated heterocycles. The van der Waals surface area contributed by atoms with Crippen LogP contribution in [0, 0.1) is 5.95 Å². The fraction of sp³-hybridized carbons (Fsp3) is 0.400. The van der Waals surface area contributed by atoms with Gasteiger partial charge in [-0.3, -0.25) is 4.79 Å². The normalized spacial score (nSPS) is 22.2. The Labute approximate surface area is 75.8 Å². The van der Waals surface area contributed by atoms with E-state index in [1.54, 1.807) is 12.1 Å². The van der Waals surface area contributed by atoms with Gasteiger partial charge in [-0.15, -0.1) is 0 Å². The molecule has 2 rings (SSSR count). The second-order valence-corrected chi connectivity index (χ2v) is 3.36. The van der Waals surface area contributed by atoms with Crippen LogP contribution in [0.3, 0.4) is 0 Å². The molecular weight excluding hydrogens is 169 g/mol. The zero-order chi connectivity index (χ0) is 9.26. The highest BCUT2D eigenvalue weighted by atomic mass is 19.1. The standard InChI is InChI=1S/C10H10FNO/c11-10-3-1-2-9(12-10)7-4-5-8(13)6-7/h1-3,7H,4-6H2. The van der Waals surface area contributed by atoms with Crippen LogP contribution in [0.5, 0.6) is 0 Å². The molecule has 0 radical (unpaired) electrons. The summed E-state index contributed by atoms with van der Waals surface area (Å²) in [6.45, 7) is 0. The van der Waals surface area contributed by atoms with Crippen molar-refractivity contribution in [2.24, 2.45) is 0 Å². The zero-order valence-corrected chi connectivity index (χ0v) is 7.16. The molecule has 68 valence electrons. The van der Waals surface area contributed by atoms with Crippen LogP contribution < -0.4 is 0 Å². The number of Topliss-reactive ketones (excluding diaryl/α,β-unsaturated/α-hetero) is 1. The van der Waals surface area contributed by atoms with Gasteiger partial charge in [0.1, 0.15) is 5.78 Å². The molecule has 1 atom stereocenters. The minimum absolute atomic E-state index is 0.142. The van der Waals surface area contributed by atoms with E-state index < -0.39 is 5.95 Å². The van der Waals surface area contributed by atoms with E-state index in [1.807, 2.05) is 0 Å². The topological polar surface area (TPSA) is 30.0 Å². The second kappa shape index (κ2) is 3.24. The molecule has 0 aliphatic heterocycles. The van der Waals surface area contributed by atoms with Gasteiger partial charge in [-0.25, -0.2) is 4.98 Å². The Balaban J connectivity index is 2.21. The highest BCUT2D eigenvalue weighted by Gasteiger charge is 2.24. The summed E-state index contributed by atoms with van der Waals surface area (Å²) in [4.78, 5) is 14.8. The molecule has 1 saturated carbocycles.